The Labute approximate surface area is 157 Å². The van der Waals surface area contributed by atoms with Gasteiger partial charge in [0.25, 0.3) is 0 Å². The van der Waals surface area contributed by atoms with Crippen LogP contribution in [0, 0.1) is 0 Å². The van der Waals surface area contributed by atoms with E-state index in [2.05, 4.69) is 0 Å². The van der Waals surface area contributed by atoms with Crippen molar-refractivity contribution in [2.75, 3.05) is 13.7 Å². The van der Waals surface area contributed by atoms with Crippen LogP contribution in [0.15, 0.2) is 65.7 Å². The third kappa shape index (κ3) is 3.04. The molecule has 0 amide bonds. The maximum atomic E-state index is 6.27. The molecule has 2 saturated heterocycles. The summed E-state index contributed by atoms with van der Waals surface area (Å²) in [4.78, 5) is 4.74. The van der Waals surface area contributed by atoms with Gasteiger partial charge in [0.15, 0.2) is 18.7 Å². The molecule has 3 aliphatic rings. The zero-order valence-electron chi connectivity index (χ0n) is 14.9. The van der Waals surface area contributed by atoms with Crippen LogP contribution in [0.4, 0.5) is 0 Å². The summed E-state index contributed by atoms with van der Waals surface area (Å²) in [6.07, 6.45) is -1.76. The van der Waals surface area contributed by atoms with Crippen molar-refractivity contribution in [3.8, 4) is 0 Å². The van der Waals surface area contributed by atoms with E-state index in [9.17, 15) is 0 Å². The molecule has 6 heteroatoms. The first-order valence-electron chi connectivity index (χ1n) is 9.13. The van der Waals surface area contributed by atoms with Crippen LogP contribution in [-0.2, 0) is 23.7 Å². The summed E-state index contributed by atoms with van der Waals surface area (Å²) in [5.74, 6) is 0.600. The van der Waals surface area contributed by atoms with Gasteiger partial charge in [0, 0.05) is 18.2 Å². The smallest absolute Gasteiger partial charge is 0.217 e. The summed E-state index contributed by atoms with van der Waals surface area (Å²) in [6, 6.07) is 19.5. The third-order valence-corrected chi connectivity index (χ3v) is 5.15. The Morgan fingerprint density at radius 2 is 1.67 bits per heavy atom. The Morgan fingerprint density at radius 1 is 0.926 bits per heavy atom. The molecule has 2 aromatic rings. The summed E-state index contributed by atoms with van der Waals surface area (Å²) in [7, 11) is 1.62. The topological polar surface area (TPSA) is 58.5 Å². The molecular weight excluding hydrogens is 346 g/mol. The molecule has 6 nitrogen and oxygen atoms in total. The highest BCUT2D eigenvalue weighted by Crippen LogP contribution is 2.39. The second-order valence-electron chi connectivity index (χ2n) is 6.83. The van der Waals surface area contributed by atoms with Gasteiger partial charge in [-0.3, -0.25) is 0 Å². The number of hydrogen-bond acceptors (Lipinski definition) is 6. The largest absolute Gasteiger partial charge is 0.469 e. The number of rotatable bonds is 3. The minimum absolute atomic E-state index is 0.263. The minimum atomic E-state index is -0.488. The normalized spacial score (nSPS) is 34.9. The Kier molecular flexibility index (Phi) is 4.41. The second-order valence-corrected chi connectivity index (χ2v) is 6.83. The predicted molar refractivity (Wildman–Crippen MR) is 97.3 cm³/mol. The third-order valence-electron chi connectivity index (χ3n) is 5.15. The van der Waals surface area contributed by atoms with E-state index in [-0.39, 0.29) is 24.4 Å². The summed E-state index contributed by atoms with van der Waals surface area (Å²) in [6.45, 7) is 0.414. The predicted octanol–water partition coefficient (Wildman–Crippen LogP) is 2.69. The quantitative estimate of drug-likeness (QED) is 0.835. The van der Waals surface area contributed by atoms with Crippen LogP contribution in [0.1, 0.15) is 17.4 Å². The molecule has 0 aromatic heterocycles. The van der Waals surface area contributed by atoms with Gasteiger partial charge in [-0.05, 0) is 12.1 Å². The first-order valence-corrected chi connectivity index (χ1v) is 9.13. The molecule has 2 aromatic carbocycles. The van der Waals surface area contributed by atoms with E-state index < -0.39 is 12.6 Å². The highest BCUT2D eigenvalue weighted by Gasteiger charge is 2.54. The fourth-order valence-electron chi connectivity index (χ4n) is 3.82. The van der Waals surface area contributed by atoms with Crippen LogP contribution in [0.25, 0.3) is 0 Å². The monoisotopic (exact) mass is 367 g/mol. The number of ether oxygens (including phenoxy) is 5. The molecule has 0 unspecified atom stereocenters. The molecule has 0 saturated carbocycles. The Morgan fingerprint density at radius 3 is 2.41 bits per heavy atom. The van der Waals surface area contributed by atoms with E-state index in [0.717, 1.165) is 11.1 Å². The molecule has 0 bridgehead atoms. The van der Waals surface area contributed by atoms with Crippen molar-refractivity contribution < 1.29 is 23.7 Å². The van der Waals surface area contributed by atoms with Gasteiger partial charge in [-0.2, -0.15) is 0 Å². The molecule has 3 aliphatic heterocycles. The zero-order valence-corrected chi connectivity index (χ0v) is 14.9. The van der Waals surface area contributed by atoms with Gasteiger partial charge in [-0.15, -0.1) is 0 Å². The molecule has 3 heterocycles. The van der Waals surface area contributed by atoms with Crippen molar-refractivity contribution in [2.24, 2.45) is 4.99 Å². The van der Waals surface area contributed by atoms with Crippen LogP contribution >= 0.6 is 0 Å². The minimum Gasteiger partial charge on any atom is -0.469 e. The molecular formula is C21H21NO5. The lowest BCUT2D eigenvalue weighted by atomic mass is 9.96. The Balaban J connectivity index is 1.41. The lowest BCUT2D eigenvalue weighted by Crippen LogP contribution is -2.60. The van der Waals surface area contributed by atoms with E-state index in [1.807, 2.05) is 60.7 Å². The van der Waals surface area contributed by atoms with Gasteiger partial charge in [-0.1, -0.05) is 48.5 Å². The number of methoxy groups -OCH3 is 1. The van der Waals surface area contributed by atoms with Crippen LogP contribution in [0.3, 0.4) is 0 Å². The van der Waals surface area contributed by atoms with Crippen LogP contribution in [0.2, 0.25) is 0 Å². The van der Waals surface area contributed by atoms with Crippen molar-refractivity contribution in [2.45, 2.75) is 36.9 Å². The zero-order chi connectivity index (χ0) is 18.2. The molecule has 0 radical (unpaired) electrons. The average molecular weight is 367 g/mol. The average Bonchev–Trinajstić information content (AvgIpc) is 3.20. The van der Waals surface area contributed by atoms with Gasteiger partial charge < -0.3 is 23.7 Å². The van der Waals surface area contributed by atoms with E-state index in [1.54, 1.807) is 7.11 Å². The summed E-state index contributed by atoms with van der Waals surface area (Å²) < 4.78 is 30.0. The first kappa shape index (κ1) is 16.9. The molecule has 0 spiro atoms. The lowest BCUT2D eigenvalue weighted by molar-refractivity contribution is -0.333. The van der Waals surface area contributed by atoms with E-state index in [1.165, 1.54) is 0 Å². The van der Waals surface area contributed by atoms with Crippen molar-refractivity contribution in [1.82, 2.24) is 0 Å². The number of nitrogens with zero attached hydrogens (tertiary/aromatic N) is 1. The maximum Gasteiger partial charge on any atom is 0.217 e. The summed E-state index contributed by atoms with van der Waals surface area (Å²) in [5.41, 5.74) is 1.91. The van der Waals surface area contributed by atoms with Crippen molar-refractivity contribution in [3.05, 3.63) is 71.8 Å². The van der Waals surface area contributed by atoms with Gasteiger partial charge in [0.1, 0.15) is 18.2 Å². The number of hydrogen-bond donors (Lipinski definition) is 0. The van der Waals surface area contributed by atoms with Gasteiger partial charge in [0.05, 0.1) is 6.61 Å². The van der Waals surface area contributed by atoms with Gasteiger partial charge in [0.2, 0.25) is 5.90 Å². The fourth-order valence-corrected chi connectivity index (χ4v) is 3.82. The molecule has 0 N–H and O–H groups in total. The van der Waals surface area contributed by atoms with E-state index in [4.69, 9.17) is 28.7 Å². The van der Waals surface area contributed by atoms with E-state index >= 15 is 0 Å². The molecule has 5 rings (SSSR count). The molecule has 0 aliphatic carbocycles. The van der Waals surface area contributed by atoms with Crippen molar-refractivity contribution in [3.63, 3.8) is 0 Å². The molecule has 6 atom stereocenters. The van der Waals surface area contributed by atoms with Crippen LogP contribution in [-0.4, -0.2) is 50.3 Å². The van der Waals surface area contributed by atoms with Gasteiger partial charge in [-0.25, -0.2) is 4.99 Å². The highest BCUT2D eigenvalue weighted by atomic mass is 16.7. The molecule has 2 fully saturated rings. The SMILES string of the molecule is CO[C@H]1O[C@@H]2CO[C@H](c3ccccc3)O[C@@H]2[C@@H]2OC(c3ccccc3)=N[C@H]12. The van der Waals surface area contributed by atoms with Gasteiger partial charge >= 0.3 is 0 Å². The van der Waals surface area contributed by atoms with Crippen LogP contribution in [0.5, 0.6) is 0 Å². The Hall–Kier alpha value is -2.25. The fraction of sp³-hybridized carbons (Fsp3) is 0.381. The highest BCUT2D eigenvalue weighted by molar-refractivity contribution is 5.95. The first-order chi connectivity index (χ1) is 13.3. The molecule has 27 heavy (non-hydrogen) atoms. The Bertz CT molecular complexity index is 812. The number of aliphatic imine (C=N–C) groups is 1. The van der Waals surface area contributed by atoms with E-state index in [0.29, 0.717) is 12.5 Å². The van der Waals surface area contributed by atoms with Crippen molar-refractivity contribution in [1.29, 1.82) is 0 Å². The summed E-state index contributed by atoms with van der Waals surface area (Å²) >= 11 is 0. The lowest BCUT2D eigenvalue weighted by Gasteiger charge is -2.45. The second kappa shape index (κ2) is 7.05. The standard InChI is InChI=1S/C21H21NO5/c1-23-21-16-18(26-19(22-16)13-8-4-2-5-9-13)17-15(25-21)12-24-20(27-17)14-10-6-3-7-11-14/h2-11,15-18,20-21H,12H2,1H3/t15-,16+,17+,18-,20+,21+/m1/s1. The molecule has 140 valence electrons. The van der Waals surface area contributed by atoms with Crippen molar-refractivity contribution >= 4 is 5.90 Å². The number of fused-ring (bicyclic) bond motifs is 3. The maximum absolute atomic E-state index is 6.27. The number of benzene rings is 2. The summed E-state index contributed by atoms with van der Waals surface area (Å²) in [5, 5.41) is 0. The van der Waals surface area contributed by atoms with Crippen LogP contribution < -0.4 is 0 Å².